The van der Waals surface area contributed by atoms with Crippen molar-refractivity contribution in [2.24, 2.45) is 4.99 Å². The third kappa shape index (κ3) is 6.72. The van der Waals surface area contributed by atoms with E-state index in [2.05, 4.69) is 35.5 Å². The van der Waals surface area contributed by atoms with E-state index < -0.39 is 0 Å². The Labute approximate surface area is 242 Å². The monoisotopic (exact) mass is 550 g/mol. The van der Waals surface area contributed by atoms with Crippen molar-refractivity contribution in [3.8, 4) is 5.75 Å². The van der Waals surface area contributed by atoms with Crippen LogP contribution in [0.4, 0.5) is 5.69 Å². The summed E-state index contributed by atoms with van der Waals surface area (Å²) >= 11 is 0. The highest BCUT2D eigenvalue weighted by molar-refractivity contribution is 6.25. The van der Waals surface area contributed by atoms with Gasteiger partial charge in [-0.15, -0.1) is 0 Å². The second-order valence-electron chi connectivity index (χ2n) is 11.0. The summed E-state index contributed by atoms with van der Waals surface area (Å²) < 4.78 is 5.92. The van der Waals surface area contributed by atoms with E-state index in [9.17, 15) is 4.79 Å². The highest BCUT2D eigenvalue weighted by Crippen LogP contribution is 2.31. The second kappa shape index (κ2) is 12.5. The Morgan fingerprint density at radius 3 is 2.56 bits per heavy atom. The van der Waals surface area contributed by atoms with Gasteiger partial charge in [0.2, 0.25) is 0 Å². The van der Waals surface area contributed by atoms with Gasteiger partial charge in [0.25, 0.3) is 5.91 Å². The van der Waals surface area contributed by atoms with Crippen molar-refractivity contribution in [2.45, 2.75) is 39.2 Å². The van der Waals surface area contributed by atoms with Gasteiger partial charge in [-0.1, -0.05) is 54.1 Å². The number of nitrogens with one attached hydrogen (secondary N) is 3. The molecule has 8 heteroatoms. The Morgan fingerprint density at radius 1 is 1.07 bits per heavy atom. The van der Waals surface area contributed by atoms with Crippen molar-refractivity contribution in [1.29, 1.82) is 10.8 Å². The van der Waals surface area contributed by atoms with Gasteiger partial charge in [0.1, 0.15) is 17.4 Å². The van der Waals surface area contributed by atoms with Crippen LogP contribution in [0.25, 0.3) is 0 Å². The van der Waals surface area contributed by atoms with E-state index in [1.165, 1.54) is 5.56 Å². The third-order valence-electron chi connectivity index (χ3n) is 7.78. The number of piperidine rings is 1. The Balaban J connectivity index is 1.27. The number of hydrogen-bond acceptors (Lipinski definition) is 6. The zero-order valence-electron chi connectivity index (χ0n) is 24.0. The second-order valence-corrected chi connectivity index (χ2v) is 11.0. The standard InChI is InChI=1S/C33H38N6O2/c1-22-7-9-26(10-8-22)33-29-18-28(11-12-30(29)39(23(2)34)31(35)20-37-33)41-21-32(40)36-19-24-5-4-6-27(17-24)25-13-15-38(3)16-14-25/h4-12,17-18,25,34-35H,13-16,19-21H2,1-3H3,(H,36,40). The molecule has 3 aromatic rings. The van der Waals surface area contributed by atoms with Gasteiger partial charge >= 0.3 is 0 Å². The molecule has 0 bridgehead atoms. The number of benzene rings is 3. The van der Waals surface area contributed by atoms with Crippen LogP contribution in [-0.4, -0.2) is 61.5 Å². The number of hydrogen-bond donors (Lipinski definition) is 3. The van der Waals surface area contributed by atoms with Gasteiger partial charge in [-0.25, -0.2) is 0 Å². The van der Waals surface area contributed by atoms with Crippen LogP contribution in [0.2, 0.25) is 0 Å². The molecule has 41 heavy (non-hydrogen) atoms. The molecule has 2 heterocycles. The maximum absolute atomic E-state index is 12.7. The molecule has 0 saturated carbocycles. The van der Waals surface area contributed by atoms with Crippen LogP contribution in [-0.2, 0) is 11.3 Å². The van der Waals surface area contributed by atoms with Gasteiger partial charge in [-0.3, -0.25) is 25.5 Å². The fourth-order valence-corrected chi connectivity index (χ4v) is 5.49. The molecule has 0 aromatic heterocycles. The molecule has 0 atom stereocenters. The number of anilines is 1. The first-order valence-electron chi connectivity index (χ1n) is 14.1. The summed E-state index contributed by atoms with van der Waals surface area (Å²) in [5.41, 5.74) is 6.68. The number of nitrogens with zero attached hydrogens (tertiary/aromatic N) is 3. The summed E-state index contributed by atoms with van der Waals surface area (Å²) in [6, 6.07) is 22.1. The summed E-state index contributed by atoms with van der Waals surface area (Å²) in [6.45, 7) is 6.42. The van der Waals surface area contributed by atoms with E-state index in [1.54, 1.807) is 17.9 Å². The number of fused-ring (bicyclic) bond motifs is 1. The van der Waals surface area contributed by atoms with E-state index in [-0.39, 0.29) is 30.7 Å². The van der Waals surface area contributed by atoms with Gasteiger partial charge in [0, 0.05) is 17.7 Å². The quantitative estimate of drug-likeness (QED) is 0.280. The molecule has 1 fully saturated rings. The molecule has 2 aliphatic rings. The number of aliphatic imine (C=N–C) groups is 1. The van der Waals surface area contributed by atoms with E-state index in [0.717, 1.165) is 53.9 Å². The normalized spacial score (nSPS) is 16.0. The summed E-state index contributed by atoms with van der Waals surface area (Å²) in [6.07, 6.45) is 2.32. The number of benzodiazepines with no additional fused rings is 1. The first-order chi connectivity index (χ1) is 19.8. The van der Waals surface area contributed by atoms with Crippen molar-refractivity contribution >= 4 is 29.0 Å². The predicted octanol–water partition coefficient (Wildman–Crippen LogP) is 5.13. The van der Waals surface area contributed by atoms with Crippen LogP contribution < -0.4 is 15.0 Å². The van der Waals surface area contributed by atoms with Crippen LogP contribution in [0.3, 0.4) is 0 Å². The third-order valence-corrected chi connectivity index (χ3v) is 7.78. The summed E-state index contributed by atoms with van der Waals surface area (Å²) in [5.74, 6) is 1.37. The maximum Gasteiger partial charge on any atom is 0.258 e. The molecule has 0 spiro atoms. The van der Waals surface area contributed by atoms with Crippen LogP contribution in [0, 0.1) is 17.7 Å². The number of amidine groups is 2. The minimum absolute atomic E-state index is 0.117. The molecular formula is C33H38N6O2. The number of ether oxygens (including phenoxy) is 1. The van der Waals surface area contributed by atoms with E-state index in [1.807, 2.05) is 49.4 Å². The fourth-order valence-electron chi connectivity index (χ4n) is 5.49. The van der Waals surface area contributed by atoms with Gasteiger partial charge in [-0.05, 0) is 82.1 Å². The lowest BCUT2D eigenvalue weighted by Crippen LogP contribution is -2.35. The zero-order chi connectivity index (χ0) is 28.9. The summed E-state index contributed by atoms with van der Waals surface area (Å²) in [4.78, 5) is 21.4. The Morgan fingerprint density at radius 2 is 1.83 bits per heavy atom. The lowest BCUT2D eigenvalue weighted by atomic mass is 9.89. The number of amides is 1. The molecule has 5 rings (SSSR count). The van der Waals surface area contributed by atoms with Gasteiger partial charge < -0.3 is 15.0 Å². The Bertz CT molecular complexity index is 1470. The van der Waals surface area contributed by atoms with Gasteiger partial charge in [0.05, 0.1) is 17.9 Å². The first-order valence-corrected chi connectivity index (χ1v) is 14.1. The smallest absolute Gasteiger partial charge is 0.258 e. The largest absolute Gasteiger partial charge is 0.484 e. The number of likely N-dealkylation sites (tertiary alicyclic amines) is 1. The highest BCUT2D eigenvalue weighted by atomic mass is 16.5. The Kier molecular flexibility index (Phi) is 8.59. The van der Waals surface area contributed by atoms with Crippen LogP contribution in [0.5, 0.6) is 5.75 Å². The first kappa shape index (κ1) is 28.2. The van der Waals surface area contributed by atoms with E-state index in [0.29, 0.717) is 23.9 Å². The van der Waals surface area contributed by atoms with Crippen molar-refractivity contribution in [1.82, 2.24) is 10.2 Å². The topological polar surface area (TPSA) is 105 Å². The van der Waals surface area contributed by atoms with Gasteiger partial charge in [0.15, 0.2) is 6.61 Å². The molecule has 0 radical (unpaired) electrons. The molecule has 3 N–H and O–H groups in total. The molecular weight excluding hydrogens is 512 g/mol. The average Bonchev–Trinajstić information content (AvgIpc) is 3.11. The Hall–Kier alpha value is -4.30. The molecule has 3 aromatic carbocycles. The molecule has 1 amide bonds. The average molecular weight is 551 g/mol. The summed E-state index contributed by atoms with van der Waals surface area (Å²) in [7, 11) is 2.17. The molecule has 2 aliphatic heterocycles. The van der Waals surface area contributed by atoms with Crippen molar-refractivity contribution in [2.75, 3.05) is 38.2 Å². The lowest BCUT2D eigenvalue weighted by Gasteiger charge is -2.29. The number of carbonyl (C=O) groups is 1. The predicted molar refractivity (Wildman–Crippen MR) is 165 cm³/mol. The van der Waals surface area contributed by atoms with E-state index in [4.69, 9.17) is 20.5 Å². The van der Waals surface area contributed by atoms with Crippen molar-refractivity contribution in [3.63, 3.8) is 0 Å². The minimum atomic E-state index is -0.198. The number of carbonyl (C=O) groups excluding carboxylic acids is 1. The minimum Gasteiger partial charge on any atom is -0.484 e. The number of aryl methyl sites for hydroxylation is 1. The fraction of sp³-hybridized carbons (Fsp3) is 0.333. The molecule has 0 unspecified atom stereocenters. The molecule has 8 nitrogen and oxygen atoms in total. The SMILES string of the molecule is CC(=N)N1C(=N)CN=C(c2ccc(C)cc2)c2cc(OCC(=O)NCc3cccc(C4CCN(C)CC4)c3)ccc21. The van der Waals surface area contributed by atoms with Crippen LogP contribution in [0.15, 0.2) is 71.7 Å². The summed E-state index contributed by atoms with van der Waals surface area (Å²) in [5, 5.41) is 19.8. The van der Waals surface area contributed by atoms with Gasteiger partial charge in [-0.2, -0.15) is 0 Å². The molecule has 212 valence electrons. The lowest BCUT2D eigenvalue weighted by molar-refractivity contribution is -0.123. The molecule has 1 saturated heterocycles. The zero-order valence-corrected chi connectivity index (χ0v) is 24.0. The highest BCUT2D eigenvalue weighted by Gasteiger charge is 2.25. The molecule has 0 aliphatic carbocycles. The van der Waals surface area contributed by atoms with Crippen LogP contribution in [0.1, 0.15) is 53.5 Å². The van der Waals surface area contributed by atoms with E-state index >= 15 is 0 Å². The van der Waals surface area contributed by atoms with Crippen LogP contribution >= 0.6 is 0 Å². The number of rotatable bonds is 7. The maximum atomic E-state index is 12.7. The van der Waals surface area contributed by atoms with Crippen molar-refractivity contribution in [3.05, 3.63) is 94.5 Å². The van der Waals surface area contributed by atoms with Crippen molar-refractivity contribution < 1.29 is 9.53 Å².